The van der Waals surface area contributed by atoms with Gasteiger partial charge in [0.05, 0.1) is 34.6 Å². The number of aromatic nitrogens is 2. The Bertz CT molecular complexity index is 797. The molecule has 0 aliphatic rings. The molecule has 22 heavy (non-hydrogen) atoms. The molecule has 0 spiro atoms. The lowest BCUT2D eigenvalue weighted by molar-refractivity contribution is 0.102. The first kappa shape index (κ1) is 14.7. The van der Waals surface area contributed by atoms with E-state index in [1.807, 2.05) is 12.1 Å². The van der Waals surface area contributed by atoms with E-state index >= 15 is 0 Å². The van der Waals surface area contributed by atoms with Crippen LogP contribution in [0.4, 0.5) is 5.82 Å². The zero-order chi connectivity index (χ0) is 15.5. The van der Waals surface area contributed by atoms with Crippen molar-refractivity contribution < 1.29 is 9.21 Å². The van der Waals surface area contributed by atoms with Crippen LogP contribution in [0, 0.1) is 0 Å². The Labute approximate surface area is 136 Å². The van der Waals surface area contributed by atoms with Crippen molar-refractivity contribution in [3.8, 4) is 0 Å². The Morgan fingerprint density at radius 3 is 2.91 bits per heavy atom. The number of amides is 1. The van der Waals surface area contributed by atoms with E-state index in [9.17, 15) is 4.79 Å². The van der Waals surface area contributed by atoms with Gasteiger partial charge in [-0.1, -0.05) is 35.3 Å². The second kappa shape index (κ2) is 6.25. The van der Waals surface area contributed by atoms with Gasteiger partial charge in [-0.3, -0.25) is 4.79 Å². The van der Waals surface area contributed by atoms with Crippen LogP contribution in [0.3, 0.4) is 0 Å². The third kappa shape index (κ3) is 3.00. The molecule has 7 heteroatoms. The summed E-state index contributed by atoms with van der Waals surface area (Å²) < 4.78 is 6.53. The average Bonchev–Trinajstić information content (AvgIpc) is 3.16. The molecular weight excluding hydrogens is 325 g/mol. The van der Waals surface area contributed by atoms with Gasteiger partial charge in [0.15, 0.2) is 0 Å². The summed E-state index contributed by atoms with van der Waals surface area (Å²) in [5, 5.41) is 7.93. The number of hydrogen-bond acceptors (Lipinski definition) is 3. The molecule has 2 heterocycles. The lowest BCUT2D eigenvalue weighted by atomic mass is 10.2. The number of nitrogens with zero attached hydrogens (tertiary/aromatic N) is 2. The van der Waals surface area contributed by atoms with Gasteiger partial charge in [0.2, 0.25) is 0 Å². The van der Waals surface area contributed by atoms with Gasteiger partial charge in [-0.05, 0) is 17.7 Å². The second-order valence-electron chi connectivity index (χ2n) is 4.55. The number of hydrogen-bond donors (Lipinski definition) is 1. The van der Waals surface area contributed by atoms with Gasteiger partial charge in [-0.15, -0.1) is 0 Å². The van der Waals surface area contributed by atoms with Crippen LogP contribution in [0.5, 0.6) is 0 Å². The predicted octanol–water partition coefficient (Wildman–Crippen LogP) is 4.08. The first-order chi connectivity index (χ1) is 10.6. The summed E-state index contributed by atoms with van der Waals surface area (Å²) in [6.07, 6.45) is 4.42. The second-order valence-corrected chi connectivity index (χ2v) is 5.34. The number of rotatable bonds is 4. The topological polar surface area (TPSA) is 60.1 Å². The van der Waals surface area contributed by atoms with Crippen molar-refractivity contribution in [2.75, 3.05) is 5.32 Å². The van der Waals surface area contributed by atoms with Crippen molar-refractivity contribution in [3.63, 3.8) is 0 Å². The maximum atomic E-state index is 12.0. The van der Waals surface area contributed by atoms with Crippen LogP contribution in [-0.4, -0.2) is 15.7 Å². The minimum atomic E-state index is -0.271. The molecule has 5 nitrogen and oxygen atoms in total. The van der Waals surface area contributed by atoms with E-state index < -0.39 is 0 Å². The summed E-state index contributed by atoms with van der Waals surface area (Å²) in [7, 11) is 0. The first-order valence-corrected chi connectivity index (χ1v) is 7.19. The number of carbonyl (C=O) groups is 1. The standard InChI is InChI=1S/C15H11Cl2N3O2/c16-12-3-1-2-10(14(12)17)8-20-13(4-6-18-20)19-15(21)11-5-7-22-9-11/h1-7,9H,8H2,(H,19,21). The van der Waals surface area contributed by atoms with Crippen molar-refractivity contribution in [1.29, 1.82) is 0 Å². The van der Waals surface area contributed by atoms with Crippen LogP contribution in [0.2, 0.25) is 10.0 Å². The molecule has 112 valence electrons. The van der Waals surface area contributed by atoms with Crippen LogP contribution in [0.1, 0.15) is 15.9 Å². The first-order valence-electron chi connectivity index (χ1n) is 6.43. The highest BCUT2D eigenvalue weighted by Crippen LogP contribution is 2.26. The maximum Gasteiger partial charge on any atom is 0.260 e. The fraction of sp³-hybridized carbons (Fsp3) is 0.0667. The van der Waals surface area contributed by atoms with E-state index in [0.717, 1.165) is 5.56 Å². The fourth-order valence-electron chi connectivity index (χ4n) is 1.98. The highest BCUT2D eigenvalue weighted by molar-refractivity contribution is 6.42. The molecule has 0 bridgehead atoms. The Balaban J connectivity index is 1.80. The van der Waals surface area contributed by atoms with Crippen molar-refractivity contribution in [2.24, 2.45) is 0 Å². The zero-order valence-electron chi connectivity index (χ0n) is 11.3. The quantitative estimate of drug-likeness (QED) is 0.781. The fourth-order valence-corrected chi connectivity index (χ4v) is 2.36. The van der Waals surface area contributed by atoms with E-state index in [1.54, 1.807) is 29.1 Å². The van der Waals surface area contributed by atoms with Gasteiger partial charge in [0, 0.05) is 6.07 Å². The summed E-state index contributed by atoms with van der Waals surface area (Å²) in [5.74, 6) is 0.287. The molecule has 1 N–H and O–H groups in total. The lowest BCUT2D eigenvalue weighted by Gasteiger charge is -2.10. The number of benzene rings is 1. The maximum absolute atomic E-state index is 12.0. The Morgan fingerprint density at radius 1 is 1.27 bits per heavy atom. The summed E-state index contributed by atoms with van der Waals surface area (Å²) in [6.45, 7) is 0.396. The molecule has 3 rings (SSSR count). The Morgan fingerprint density at radius 2 is 2.14 bits per heavy atom. The molecular formula is C15H11Cl2N3O2. The highest BCUT2D eigenvalue weighted by Gasteiger charge is 2.12. The van der Waals surface area contributed by atoms with Crippen LogP contribution < -0.4 is 5.32 Å². The van der Waals surface area contributed by atoms with E-state index in [2.05, 4.69) is 10.4 Å². The molecule has 0 aliphatic heterocycles. The third-order valence-electron chi connectivity index (χ3n) is 3.09. The number of anilines is 1. The molecule has 0 radical (unpaired) electrons. The summed E-state index contributed by atoms with van der Waals surface area (Å²) in [5.41, 5.74) is 1.25. The van der Waals surface area contributed by atoms with Crippen molar-refractivity contribution in [3.05, 3.63) is 70.2 Å². The normalized spacial score (nSPS) is 10.6. The zero-order valence-corrected chi connectivity index (χ0v) is 12.8. The summed E-state index contributed by atoms with van der Waals surface area (Å²) >= 11 is 12.2. The van der Waals surface area contributed by atoms with Crippen LogP contribution in [0.15, 0.2) is 53.5 Å². The molecule has 0 aliphatic carbocycles. The molecule has 3 aromatic rings. The van der Waals surface area contributed by atoms with Crippen LogP contribution in [-0.2, 0) is 6.54 Å². The molecule has 0 fully saturated rings. The van der Waals surface area contributed by atoms with Gasteiger partial charge in [0.25, 0.3) is 5.91 Å². The number of halogens is 2. The summed E-state index contributed by atoms with van der Waals surface area (Å²) in [4.78, 5) is 12.0. The van der Waals surface area contributed by atoms with Crippen molar-refractivity contribution >= 4 is 34.9 Å². The lowest BCUT2D eigenvalue weighted by Crippen LogP contribution is -2.15. The van der Waals surface area contributed by atoms with Gasteiger partial charge in [0.1, 0.15) is 12.1 Å². The number of nitrogens with one attached hydrogen (secondary N) is 1. The van der Waals surface area contributed by atoms with E-state index in [4.69, 9.17) is 27.6 Å². The molecule has 1 aromatic carbocycles. The van der Waals surface area contributed by atoms with Crippen LogP contribution >= 0.6 is 23.2 Å². The third-order valence-corrected chi connectivity index (χ3v) is 3.95. The minimum Gasteiger partial charge on any atom is -0.472 e. The van der Waals surface area contributed by atoms with Gasteiger partial charge in [-0.2, -0.15) is 5.10 Å². The number of furan rings is 1. The van der Waals surface area contributed by atoms with E-state index in [-0.39, 0.29) is 5.91 Å². The van der Waals surface area contributed by atoms with Crippen LogP contribution in [0.25, 0.3) is 0 Å². The van der Waals surface area contributed by atoms with E-state index in [1.165, 1.54) is 12.5 Å². The minimum absolute atomic E-state index is 0.271. The smallest absolute Gasteiger partial charge is 0.260 e. The molecule has 0 atom stereocenters. The SMILES string of the molecule is O=C(Nc1ccnn1Cc1cccc(Cl)c1Cl)c1ccoc1. The van der Waals surface area contributed by atoms with Gasteiger partial charge < -0.3 is 9.73 Å². The highest BCUT2D eigenvalue weighted by atomic mass is 35.5. The van der Waals surface area contributed by atoms with Crippen molar-refractivity contribution in [2.45, 2.75) is 6.54 Å². The monoisotopic (exact) mass is 335 g/mol. The number of carbonyl (C=O) groups excluding carboxylic acids is 1. The Hall–Kier alpha value is -2.24. The average molecular weight is 336 g/mol. The predicted molar refractivity (Wildman–Crippen MR) is 84.5 cm³/mol. The van der Waals surface area contributed by atoms with Gasteiger partial charge >= 0.3 is 0 Å². The molecule has 0 saturated heterocycles. The van der Waals surface area contributed by atoms with Gasteiger partial charge in [-0.25, -0.2) is 4.68 Å². The van der Waals surface area contributed by atoms with E-state index in [0.29, 0.717) is 28.0 Å². The van der Waals surface area contributed by atoms with Crippen molar-refractivity contribution in [1.82, 2.24) is 9.78 Å². The molecule has 0 unspecified atom stereocenters. The molecule has 0 saturated carbocycles. The Kier molecular flexibility index (Phi) is 4.18. The largest absolute Gasteiger partial charge is 0.472 e. The molecule has 1 amide bonds. The molecule has 2 aromatic heterocycles. The summed E-state index contributed by atoms with van der Waals surface area (Å²) in [6, 6.07) is 8.69.